The van der Waals surface area contributed by atoms with E-state index in [0.29, 0.717) is 24.2 Å². The topological polar surface area (TPSA) is 83.6 Å². The van der Waals surface area contributed by atoms with Crippen LogP contribution < -0.4 is 5.73 Å². The predicted molar refractivity (Wildman–Crippen MR) is 67.3 cm³/mol. The van der Waals surface area contributed by atoms with Crippen LogP contribution in [0.25, 0.3) is 0 Å². The number of aliphatic carboxylic acids is 1. The third-order valence-corrected chi connectivity index (χ3v) is 3.29. The summed E-state index contributed by atoms with van der Waals surface area (Å²) in [6, 6.07) is 4.40. The molecule has 5 nitrogen and oxygen atoms in total. The number of carbonyl (C=O) groups is 2. The number of aryl methyl sites for hydroxylation is 1. The van der Waals surface area contributed by atoms with Gasteiger partial charge < -0.3 is 15.7 Å². The van der Waals surface area contributed by atoms with Gasteiger partial charge >= 0.3 is 5.97 Å². The number of hydrogen-bond acceptors (Lipinski definition) is 3. The number of likely N-dealkylation sites (tertiary alicyclic amines) is 1. The van der Waals surface area contributed by atoms with Crippen LogP contribution in [0.15, 0.2) is 18.2 Å². The van der Waals surface area contributed by atoms with Crippen LogP contribution in [0.4, 0.5) is 5.69 Å². The zero-order chi connectivity index (χ0) is 13.3. The molecule has 1 amide bonds. The predicted octanol–water partition coefficient (Wildman–Crippen LogP) is 1.27. The summed E-state index contributed by atoms with van der Waals surface area (Å²) >= 11 is 0. The Morgan fingerprint density at radius 1 is 1.44 bits per heavy atom. The van der Waals surface area contributed by atoms with Gasteiger partial charge in [0.05, 0.1) is 0 Å². The van der Waals surface area contributed by atoms with E-state index in [1.807, 2.05) is 6.92 Å². The molecule has 1 saturated heterocycles. The lowest BCUT2D eigenvalue weighted by molar-refractivity contribution is -0.141. The molecule has 0 saturated carbocycles. The van der Waals surface area contributed by atoms with E-state index >= 15 is 0 Å². The van der Waals surface area contributed by atoms with Gasteiger partial charge in [-0.05, 0) is 37.5 Å². The molecular weight excluding hydrogens is 232 g/mol. The summed E-state index contributed by atoms with van der Waals surface area (Å²) in [5, 5.41) is 9.08. The number of rotatable bonds is 2. The Labute approximate surface area is 105 Å². The van der Waals surface area contributed by atoms with Gasteiger partial charge in [-0.3, -0.25) is 4.79 Å². The number of amides is 1. The number of nitrogens with two attached hydrogens (primary N) is 1. The Morgan fingerprint density at radius 2 is 2.17 bits per heavy atom. The smallest absolute Gasteiger partial charge is 0.326 e. The molecule has 1 aliphatic rings. The molecule has 2 rings (SSSR count). The number of carboxylic acid groups (broad SMARTS) is 1. The van der Waals surface area contributed by atoms with Crippen LogP contribution >= 0.6 is 0 Å². The molecule has 1 heterocycles. The van der Waals surface area contributed by atoms with Crippen molar-refractivity contribution in [2.24, 2.45) is 0 Å². The van der Waals surface area contributed by atoms with Crippen LogP contribution in [-0.4, -0.2) is 34.5 Å². The van der Waals surface area contributed by atoms with Crippen molar-refractivity contribution in [3.63, 3.8) is 0 Å². The van der Waals surface area contributed by atoms with Crippen molar-refractivity contribution in [2.45, 2.75) is 25.8 Å². The average Bonchev–Trinajstić information content (AvgIpc) is 2.80. The normalized spacial score (nSPS) is 18.9. The number of carbonyl (C=O) groups excluding carboxylic acids is 1. The summed E-state index contributed by atoms with van der Waals surface area (Å²) in [4.78, 5) is 24.8. The molecule has 0 radical (unpaired) electrons. The fraction of sp³-hybridized carbons (Fsp3) is 0.385. The highest BCUT2D eigenvalue weighted by molar-refractivity contribution is 5.98. The lowest BCUT2D eigenvalue weighted by atomic mass is 10.1. The summed E-state index contributed by atoms with van der Waals surface area (Å²) in [7, 11) is 0. The summed E-state index contributed by atoms with van der Waals surface area (Å²) in [6.07, 6.45) is 1.24. The molecule has 1 aromatic carbocycles. The van der Waals surface area contributed by atoms with Crippen molar-refractivity contribution in [1.29, 1.82) is 0 Å². The second-order valence-corrected chi connectivity index (χ2v) is 4.57. The van der Waals surface area contributed by atoms with E-state index in [2.05, 4.69) is 0 Å². The quantitative estimate of drug-likeness (QED) is 0.772. The monoisotopic (exact) mass is 248 g/mol. The van der Waals surface area contributed by atoms with Gasteiger partial charge in [0.15, 0.2) is 0 Å². The first-order valence-electron chi connectivity index (χ1n) is 5.90. The first kappa shape index (κ1) is 12.4. The molecule has 18 heavy (non-hydrogen) atoms. The van der Waals surface area contributed by atoms with Gasteiger partial charge in [-0.2, -0.15) is 0 Å². The molecule has 1 aliphatic heterocycles. The van der Waals surface area contributed by atoms with Crippen molar-refractivity contribution in [1.82, 2.24) is 4.90 Å². The van der Waals surface area contributed by atoms with Crippen LogP contribution in [0.5, 0.6) is 0 Å². The lowest BCUT2D eigenvalue weighted by Crippen LogP contribution is -2.40. The molecule has 1 fully saturated rings. The fourth-order valence-electron chi connectivity index (χ4n) is 2.29. The summed E-state index contributed by atoms with van der Waals surface area (Å²) in [5.74, 6) is -1.19. The van der Waals surface area contributed by atoms with Gasteiger partial charge in [-0.25, -0.2) is 4.79 Å². The van der Waals surface area contributed by atoms with Gasteiger partial charge in [0.2, 0.25) is 0 Å². The number of hydrogen-bond donors (Lipinski definition) is 2. The van der Waals surface area contributed by atoms with Gasteiger partial charge in [-0.15, -0.1) is 0 Å². The Bertz CT molecular complexity index is 499. The van der Waals surface area contributed by atoms with Crippen molar-refractivity contribution in [3.8, 4) is 0 Å². The van der Waals surface area contributed by atoms with Crippen molar-refractivity contribution < 1.29 is 14.7 Å². The highest BCUT2D eigenvalue weighted by Gasteiger charge is 2.34. The van der Waals surface area contributed by atoms with Crippen molar-refractivity contribution in [2.75, 3.05) is 12.3 Å². The summed E-state index contributed by atoms with van der Waals surface area (Å²) in [5.41, 5.74) is 7.48. The summed E-state index contributed by atoms with van der Waals surface area (Å²) in [6.45, 7) is 2.31. The SMILES string of the molecule is Cc1ccc(N)cc1C(=O)N1CCC[C@H]1C(=O)O. The fourth-order valence-corrected chi connectivity index (χ4v) is 2.29. The number of benzene rings is 1. The molecule has 0 bridgehead atoms. The summed E-state index contributed by atoms with van der Waals surface area (Å²) < 4.78 is 0. The first-order valence-corrected chi connectivity index (χ1v) is 5.90. The maximum Gasteiger partial charge on any atom is 0.326 e. The Hall–Kier alpha value is -2.04. The standard InChI is InChI=1S/C13H16N2O3/c1-8-4-5-9(14)7-10(8)12(16)15-6-2-3-11(15)13(17)18/h4-5,7,11H,2-3,6,14H2,1H3,(H,17,18)/t11-/m0/s1. The minimum absolute atomic E-state index is 0.246. The van der Waals surface area contributed by atoms with E-state index in [4.69, 9.17) is 10.8 Å². The van der Waals surface area contributed by atoms with Gasteiger partial charge in [0, 0.05) is 17.8 Å². The minimum Gasteiger partial charge on any atom is -0.480 e. The van der Waals surface area contributed by atoms with E-state index in [1.165, 1.54) is 4.90 Å². The highest BCUT2D eigenvalue weighted by atomic mass is 16.4. The van der Waals surface area contributed by atoms with Gasteiger partial charge in [-0.1, -0.05) is 6.07 Å². The number of nitrogens with zero attached hydrogens (tertiary/aromatic N) is 1. The molecule has 96 valence electrons. The third-order valence-electron chi connectivity index (χ3n) is 3.29. The van der Waals surface area contributed by atoms with Crippen LogP contribution in [0.1, 0.15) is 28.8 Å². The third kappa shape index (κ3) is 2.16. The molecule has 1 atom stereocenters. The maximum atomic E-state index is 12.3. The van der Waals surface area contributed by atoms with E-state index in [0.717, 1.165) is 12.0 Å². The van der Waals surface area contributed by atoms with E-state index in [1.54, 1.807) is 18.2 Å². The van der Waals surface area contributed by atoms with Crippen LogP contribution in [0.2, 0.25) is 0 Å². The highest BCUT2D eigenvalue weighted by Crippen LogP contribution is 2.22. The van der Waals surface area contributed by atoms with Crippen LogP contribution in [-0.2, 0) is 4.79 Å². The molecule has 0 unspecified atom stereocenters. The van der Waals surface area contributed by atoms with E-state index < -0.39 is 12.0 Å². The molecule has 0 aliphatic carbocycles. The number of anilines is 1. The molecule has 0 aromatic heterocycles. The molecular formula is C13H16N2O3. The molecule has 3 N–H and O–H groups in total. The zero-order valence-corrected chi connectivity index (χ0v) is 10.2. The largest absolute Gasteiger partial charge is 0.480 e. The molecule has 1 aromatic rings. The lowest BCUT2D eigenvalue weighted by Gasteiger charge is -2.22. The molecule has 5 heteroatoms. The second-order valence-electron chi connectivity index (χ2n) is 4.57. The van der Waals surface area contributed by atoms with Gasteiger partial charge in [0.1, 0.15) is 6.04 Å². The average molecular weight is 248 g/mol. The van der Waals surface area contributed by atoms with Crippen molar-refractivity contribution >= 4 is 17.6 Å². The minimum atomic E-state index is -0.942. The first-order chi connectivity index (χ1) is 8.50. The number of carboxylic acids is 1. The Balaban J connectivity index is 2.31. The Kier molecular flexibility index (Phi) is 3.23. The maximum absolute atomic E-state index is 12.3. The zero-order valence-electron chi connectivity index (χ0n) is 10.2. The van der Waals surface area contributed by atoms with E-state index in [-0.39, 0.29) is 5.91 Å². The van der Waals surface area contributed by atoms with Crippen molar-refractivity contribution in [3.05, 3.63) is 29.3 Å². The second kappa shape index (κ2) is 4.68. The Morgan fingerprint density at radius 3 is 2.83 bits per heavy atom. The molecule has 0 spiro atoms. The van der Waals surface area contributed by atoms with Crippen LogP contribution in [0, 0.1) is 6.92 Å². The number of nitrogen functional groups attached to an aromatic ring is 1. The van der Waals surface area contributed by atoms with E-state index in [9.17, 15) is 9.59 Å². The van der Waals surface area contributed by atoms with Crippen LogP contribution in [0.3, 0.4) is 0 Å². The van der Waals surface area contributed by atoms with Gasteiger partial charge in [0.25, 0.3) is 5.91 Å².